The molecule has 0 aromatic carbocycles. The summed E-state index contributed by atoms with van der Waals surface area (Å²) in [5, 5.41) is 9.28. The molecule has 0 aromatic rings. The van der Waals surface area contributed by atoms with Crippen LogP contribution < -0.4 is 0 Å². The average Bonchev–Trinajstić information content (AvgIpc) is 1.83. The molecule has 0 radical (unpaired) electrons. The Morgan fingerprint density at radius 2 is 1.91 bits per heavy atom. The van der Waals surface area contributed by atoms with E-state index in [1.807, 2.05) is 6.92 Å². The van der Waals surface area contributed by atoms with E-state index in [1.165, 1.54) is 0 Å². The summed E-state index contributed by atoms with van der Waals surface area (Å²) in [6, 6.07) is 0. The Balaban J connectivity index is 3.46. The van der Waals surface area contributed by atoms with Crippen molar-refractivity contribution in [3.8, 4) is 0 Å². The van der Waals surface area contributed by atoms with Crippen molar-refractivity contribution in [2.24, 2.45) is 0 Å². The molecule has 0 saturated carbocycles. The highest BCUT2D eigenvalue weighted by Crippen LogP contribution is 2.11. The Labute approximate surface area is 68.6 Å². The van der Waals surface area contributed by atoms with Crippen LogP contribution in [0.25, 0.3) is 0 Å². The smallest absolute Gasteiger partial charge is 0.133 e. The van der Waals surface area contributed by atoms with Crippen molar-refractivity contribution < 1.29 is 9.90 Å². The molecule has 0 saturated heterocycles. The summed E-state index contributed by atoms with van der Waals surface area (Å²) >= 11 is 0. The molecular formula is C9H18O2. The molecule has 0 rings (SSSR count). The Morgan fingerprint density at radius 3 is 2.27 bits per heavy atom. The van der Waals surface area contributed by atoms with E-state index in [1.54, 1.807) is 13.8 Å². The quantitative estimate of drug-likeness (QED) is 0.663. The predicted octanol–water partition coefficient (Wildman–Crippen LogP) is 1.91. The Bertz CT molecular complexity index is 122. The fourth-order valence-corrected chi connectivity index (χ4v) is 0.849. The Hall–Kier alpha value is -0.370. The van der Waals surface area contributed by atoms with Gasteiger partial charge in [-0.3, -0.25) is 4.79 Å². The van der Waals surface area contributed by atoms with Crippen LogP contribution in [0.4, 0.5) is 0 Å². The van der Waals surface area contributed by atoms with Crippen molar-refractivity contribution in [1.82, 2.24) is 0 Å². The van der Waals surface area contributed by atoms with Crippen LogP contribution in [0.3, 0.4) is 0 Å². The van der Waals surface area contributed by atoms with Crippen LogP contribution in [-0.4, -0.2) is 16.5 Å². The van der Waals surface area contributed by atoms with Gasteiger partial charge in [-0.1, -0.05) is 6.92 Å². The van der Waals surface area contributed by atoms with E-state index in [2.05, 4.69) is 0 Å². The average molecular weight is 158 g/mol. The maximum Gasteiger partial charge on any atom is 0.133 e. The zero-order valence-corrected chi connectivity index (χ0v) is 7.68. The molecule has 2 nitrogen and oxygen atoms in total. The molecule has 0 amide bonds. The van der Waals surface area contributed by atoms with Crippen molar-refractivity contribution in [2.45, 2.75) is 52.1 Å². The number of Topliss-reactive ketones (excluding diaryl/α,β-unsaturated/α-hetero) is 1. The lowest BCUT2D eigenvalue weighted by molar-refractivity contribution is -0.120. The number of carbonyl (C=O) groups is 1. The van der Waals surface area contributed by atoms with Crippen molar-refractivity contribution in [3.63, 3.8) is 0 Å². The van der Waals surface area contributed by atoms with Gasteiger partial charge in [-0.05, 0) is 26.7 Å². The maximum absolute atomic E-state index is 11.0. The van der Waals surface area contributed by atoms with E-state index in [9.17, 15) is 9.90 Å². The third-order valence-electron chi connectivity index (χ3n) is 1.54. The zero-order chi connectivity index (χ0) is 8.91. The van der Waals surface area contributed by atoms with E-state index in [0.717, 1.165) is 6.42 Å². The third-order valence-corrected chi connectivity index (χ3v) is 1.54. The van der Waals surface area contributed by atoms with E-state index >= 15 is 0 Å². The van der Waals surface area contributed by atoms with Crippen molar-refractivity contribution in [1.29, 1.82) is 0 Å². The van der Waals surface area contributed by atoms with Gasteiger partial charge < -0.3 is 5.11 Å². The van der Waals surface area contributed by atoms with Gasteiger partial charge in [0.25, 0.3) is 0 Å². The normalized spacial score (nSPS) is 11.6. The minimum Gasteiger partial charge on any atom is -0.390 e. The molecule has 1 N–H and O–H groups in total. The van der Waals surface area contributed by atoms with Gasteiger partial charge in [-0.15, -0.1) is 0 Å². The molecule has 11 heavy (non-hydrogen) atoms. The van der Waals surface area contributed by atoms with E-state index in [-0.39, 0.29) is 5.78 Å². The first kappa shape index (κ1) is 10.6. The summed E-state index contributed by atoms with van der Waals surface area (Å²) in [7, 11) is 0. The number of carbonyl (C=O) groups excluding carboxylic acids is 1. The standard InChI is InChI=1S/C9H18O2/c1-4-5-8(10)6-7-9(2,3)11/h11H,4-7H2,1-3H3. The van der Waals surface area contributed by atoms with Gasteiger partial charge in [0.1, 0.15) is 5.78 Å². The molecule has 0 aliphatic heterocycles. The van der Waals surface area contributed by atoms with Crippen LogP contribution in [0.2, 0.25) is 0 Å². The van der Waals surface area contributed by atoms with Gasteiger partial charge >= 0.3 is 0 Å². The Kier molecular flexibility index (Phi) is 4.34. The topological polar surface area (TPSA) is 37.3 Å². The van der Waals surface area contributed by atoms with Crippen molar-refractivity contribution in [2.75, 3.05) is 0 Å². The van der Waals surface area contributed by atoms with Crippen LogP contribution in [-0.2, 0) is 4.79 Å². The van der Waals surface area contributed by atoms with Gasteiger partial charge in [-0.25, -0.2) is 0 Å². The molecule has 0 fully saturated rings. The Morgan fingerprint density at radius 1 is 1.36 bits per heavy atom. The predicted molar refractivity (Wildman–Crippen MR) is 45.4 cm³/mol. The third kappa shape index (κ3) is 7.53. The van der Waals surface area contributed by atoms with Gasteiger partial charge in [0.2, 0.25) is 0 Å². The molecule has 0 bridgehead atoms. The largest absolute Gasteiger partial charge is 0.390 e. The highest BCUT2D eigenvalue weighted by molar-refractivity contribution is 5.78. The molecular weight excluding hydrogens is 140 g/mol. The first-order valence-corrected chi connectivity index (χ1v) is 4.20. The summed E-state index contributed by atoms with van der Waals surface area (Å²) in [6.07, 6.45) is 2.64. The van der Waals surface area contributed by atoms with E-state index < -0.39 is 5.60 Å². The monoisotopic (exact) mass is 158 g/mol. The molecule has 0 unspecified atom stereocenters. The number of hydrogen-bond donors (Lipinski definition) is 1. The second-order valence-corrected chi connectivity index (χ2v) is 3.60. The molecule has 66 valence electrons. The lowest BCUT2D eigenvalue weighted by atomic mass is 10.00. The first-order valence-electron chi connectivity index (χ1n) is 4.20. The minimum atomic E-state index is -0.691. The van der Waals surface area contributed by atoms with Gasteiger partial charge in [0.15, 0.2) is 0 Å². The summed E-state index contributed by atoms with van der Waals surface area (Å²) in [5.74, 6) is 0.259. The molecule has 0 aliphatic rings. The van der Waals surface area contributed by atoms with Crippen molar-refractivity contribution in [3.05, 3.63) is 0 Å². The highest BCUT2D eigenvalue weighted by atomic mass is 16.3. The first-order chi connectivity index (χ1) is 4.95. The fraction of sp³-hybridized carbons (Fsp3) is 0.889. The van der Waals surface area contributed by atoms with Gasteiger partial charge in [-0.2, -0.15) is 0 Å². The molecule has 0 aliphatic carbocycles. The lowest BCUT2D eigenvalue weighted by Crippen LogP contribution is -2.19. The number of hydrogen-bond acceptors (Lipinski definition) is 2. The summed E-state index contributed by atoms with van der Waals surface area (Å²) < 4.78 is 0. The number of ketones is 1. The molecule has 0 aromatic heterocycles. The molecule has 0 spiro atoms. The van der Waals surface area contributed by atoms with Crippen molar-refractivity contribution >= 4 is 5.78 Å². The zero-order valence-electron chi connectivity index (χ0n) is 7.68. The molecule has 0 heterocycles. The van der Waals surface area contributed by atoms with Crippen LogP contribution in [0.5, 0.6) is 0 Å². The maximum atomic E-state index is 11.0. The SMILES string of the molecule is CCCC(=O)CCC(C)(C)O. The van der Waals surface area contributed by atoms with Gasteiger partial charge in [0, 0.05) is 12.8 Å². The van der Waals surface area contributed by atoms with Gasteiger partial charge in [0.05, 0.1) is 5.60 Å². The van der Waals surface area contributed by atoms with Crippen LogP contribution in [0.1, 0.15) is 46.5 Å². The second kappa shape index (κ2) is 4.50. The number of aliphatic hydroxyl groups is 1. The highest BCUT2D eigenvalue weighted by Gasteiger charge is 2.13. The lowest BCUT2D eigenvalue weighted by Gasteiger charge is -2.15. The molecule has 0 atom stereocenters. The van der Waals surface area contributed by atoms with E-state index in [0.29, 0.717) is 19.3 Å². The number of rotatable bonds is 5. The van der Waals surface area contributed by atoms with Crippen LogP contribution >= 0.6 is 0 Å². The second-order valence-electron chi connectivity index (χ2n) is 3.60. The summed E-state index contributed by atoms with van der Waals surface area (Å²) in [6.45, 7) is 5.44. The van der Waals surface area contributed by atoms with E-state index in [4.69, 9.17) is 0 Å². The summed E-state index contributed by atoms with van der Waals surface area (Å²) in [5.41, 5.74) is -0.691. The summed E-state index contributed by atoms with van der Waals surface area (Å²) in [4.78, 5) is 11.0. The van der Waals surface area contributed by atoms with Crippen LogP contribution in [0.15, 0.2) is 0 Å². The molecule has 2 heteroatoms. The van der Waals surface area contributed by atoms with Crippen LogP contribution in [0, 0.1) is 0 Å². The minimum absolute atomic E-state index is 0.259. The fourth-order valence-electron chi connectivity index (χ4n) is 0.849.